The maximum absolute atomic E-state index is 13.0. The number of aliphatic hydroxyl groups excluding tert-OH is 1. The zero-order chi connectivity index (χ0) is 36.6. The molecule has 11 nitrogen and oxygen atoms in total. The van der Waals surface area contributed by atoms with Gasteiger partial charge in [-0.25, -0.2) is 9.59 Å². The van der Waals surface area contributed by atoms with Gasteiger partial charge < -0.3 is 39.4 Å². The van der Waals surface area contributed by atoms with Crippen molar-refractivity contribution >= 4 is 17.7 Å². The second kappa shape index (κ2) is 17.1. The minimum Gasteiger partial charge on any atom is -0.493 e. The minimum absolute atomic E-state index is 0.0197. The third-order valence-electron chi connectivity index (χ3n) is 9.87. The number of carbonyl (C=O) groups is 2. The summed E-state index contributed by atoms with van der Waals surface area (Å²) in [5, 5.41) is 15.2. The highest BCUT2D eigenvalue weighted by atomic mass is 16.7. The van der Waals surface area contributed by atoms with Gasteiger partial charge in [0.15, 0.2) is 17.8 Å². The number of urea groups is 1. The molecule has 6 rings (SSSR count). The van der Waals surface area contributed by atoms with Gasteiger partial charge in [0.2, 0.25) is 0 Å². The largest absolute Gasteiger partial charge is 0.493 e. The van der Waals surface area contributed by atoms with E-state index in [1.807, 2.05) is 66.7 Å². The number of methoxy groups -OCH3 is 3. The topological polar surface area (TPSA) is 128 Å². The van der Waals surface area contributed by atoms with Gasteiger partial charge in [-0.1, -0.05) is 73.7 Å². The Morgan fingerprint density at radius 3 is 2.19 bits per heavy atom. The number of rotatable bonds is 12. The zero-order valence-electron chi connectivity index (χ0n) is 30.0. The number of fused-ring (bicyclic) bond motifs is 1. The summed E-state index contributed by atoms with van der Waals surface area (Å²) in [5.74, 6) is 0.950. The lowest BCUT2D eigenvalue weighted by atomic mass is 9.89. The van der Waals surface area contributed by atoms with Gasteiger partial charge in [0, 0.05) is 43.2 Å². The van der Waals surface area contributed by atoms with Crippen molar-refractivity contribution < 1.29 is 38.4 Å². The van der Waals surface area contributed by atoms with E-state index >= 15 is 0 Å². The third kappa shape index (κ3) is 8.74. The van der Waals surface area contributed by atoms with E-state index in [-0.39, 0.29) is 24.7 Å². The maximum Gasteiger partial charge on any atom is 0.328 e. The molecular weight excluding hydrogens is 662 g/mol. The van der Waals surface area contributed by atoms with Crippen molar-refractivity contribution in [2.75, 3.05) is 39.7 Å². The standard InChI is InChI=1S/C41H47N3O8/c1-26-37(24-44-19-18-31-21-35(48-2)36(49-3)22-32(31)23-44)51-40(52-38(26)29-12-10-28(25-45)11-13-29)30-14-16-33(17-15-30)42-41(47)43-34(39(46)50-4)20-27-8-6-5-7-9-27/h5-17,21-22,26,34,37-38,40,45H,18-20,23-25H2,1-4H3,(H2,42,43,47). The summed E-state index contributed by atoms with van der Waals surface area (Å²) in [5.41, 5.74) is 6.56. The van der Waals surface area contributed by atoms with Gasteiger partial charge in [0.05, 0.1) is 40.1 Å². The van der Waals surface area contributed by atoms with Gasteiger partial charge in [0.25, 0.3) is 0 Å². The highest BCUT2D eigenvalue weighted by Gasteiger charge is 2.39. The van der Waals surface area contributed by atoms with Crippen LogP contribution < -0.4 is 20.1 Å². The fourth-order valence-corrected chi connectivity index (χ4v) is 6.91. The number of hydrogen-bond acceptors (Lipinski definition) is 9. The van der Waals surface area contributed by atoms with Crippen LogP contribution in [0.3, 0.4) is 0 Å². The van der Waals surface area contributed by atoms with Crippen LogP contribution in [0.15, 0.2) is 91.0 Å². The molecule has 52 heavy (non-hydrogen) atoms. The van der Waals surface area contributed by atoms with Crippen molar-refractivity contribution in [1.82, 2.24) is 10.2 Å². The molecular formula is C41H47N3O8. The lowest BCUT2D eigenvalue weighted by Crippen LogP contribution is -2.45. The summed E-state index contributed by atoms with van der Waals surface area (Å²) in [6.45, 7) is 4.46. The Balaban J connectivity index is 1.16. The van der Waals surface area contributed by atoms with E-state index < -0.39 is 24.3 Å². The Kier molecular flexibility index (Phi) is 12.1. The van der Waals surface area contributed by atoms with E-state index in [4.69, 9.17) is 23.7 Å². The number of anilines is 1. The molecule has 4 aromatic rings. The molecule has 0 saturated carbocycles. The summed E-state index contributed by atoms with van der Waals surface area (Å²) in [6.07, 6.45) is 0.0970. The van der Waals surface area contributed by atoms with E-state index in [0.29, 0.717) is 18.7 Å². The Bertz CT molecular complexity index is 1800. The van der Waals surface area contributed by atoms with E-state index in [9.17, 15) is 14.7 Å². The SMILES string of the molecule is COC(=O)C(Cc1ccccc1)NC(=O)Nc1ccc(C2OC(CN3CCc4cc(OC)c(OC)cc4C3)C(C)C(c3ccc(CO)cc3)O2)cc1. The molecule has 274 valence electrons. The van der Waals surface area contributed by atoms with Crippen LogP contribution in [0.5, 0.6) is 11.5 Å². The molecule has 0 aliphatic carbocycles. The summed E-state index contributed by atoms with van der Waals surface area (Å²) >= 11 is 0. The van der Waals surface area contributed by atoms with Crippen LogP contribution in [0.4, 0.5) is 10.5 Å². The number of nitrogens with zero attached hydrogens (tertiary/aromatic N) is 1. The van der Waals surface area contributed by atoms with E-state index in [1.54, 1.807) is 26.4 Å². The van der Waals surface area contributed by atoms with E-state index in [2.05, 4.69) is 34.6 Å². The molecule has 11 heteroatoms. The second-order valence-electron chi connectivity index (χ2n) is 13.3. The number of ether oxygens (including phenoxy) is 5. The van der Waals surface area contributed by atoms with Gasteiger partial charge in [-0.15, -0.1) is 0 Å². The lowest BCUT2D eigenvalue weighted by molar-refractivity contribution is -0.276. The number of benzene rings is 4. The summed E-state index contributed by atoms with van der Waals surface area (Å²) in [7, 11) is 4.61. The van der Waals surface area contributed by atoms with Crippen LogP contribution in [-0.4, -0.2) is 68.6 Å². The number of aliphatic hydroxyl groups is 1. The van der Waals surface area contributed by atoms with Crippen molar-refractivity contribution in [2.45, 2.75) is 57.5 Å². The molecule has 1 fully saturated rings. The number of nitrogens with one attached hydrogen (secondary N) is 2. The summed E-state index contributed by atoms with van der Waals surface area (Å²) in [4.78, 5) is 27.8. The minimum atomic E-state index is -0.851. The molecule has 3 N–H and O–H groups in total. The third-order valence-corrected chi connectivity index (χ3v) is 9.87. The first kappa shape index (κ1) is 36.8. The molecule has 1 saturated heterocycles. The van der Waals surface area contributed by atoms with Crippen LogP contribution >= 0.6 is 0 Å². The molecule has 5 unspecified atom stereocenters. The quantitative estimate of drug-likeness (QED) is 0.153. The fraction of sp³-hybridized carbons (Fsp3) is 0.366. The molecule has 5 atom stereocenters. The van der Waals surface area contributed by atoms with E-state index in [1.165, 1.54) is 18.2 Å². The molecule has 0 bridgehead atoms. The van der Waals surface area contributed by atoms with Crippen molar-refractivity contribution in [1.29, 1.82) is 0 Å². The Morgan fingerprint density at radius 2 is 1.54 bits per heavy atom. The highest BCUT2D eigenvalue weighted by Crippen LogP contribution is 2.42. The predicted octanol–water partition coefficient (Wildman–Crippen LogP) is 5.95. The van der Waals surface area contributed by atoms with Crippen LogP contribution in [0, 0.1) is 5.92 Å². The summed E-state index contributed by atoms with van der Waals surface area (Å²) in [6, 6.07) is 27.4. The average molecular weight is 710 g/mol. The first-order valence-corrected chi connectivity index (χ1v) is 17.5. The Labute approximate surface area is 304 Å². The maximum atomic E-state index is 13.0. The predicted molar refractivity (Wildman–Crippen MR) is 196 cm³/mol. The Hall–Kier alpha value is -4.94. The number of carbonyl (C=O) groups excluding carboxylic acids is 2. The van der Waals surface area contributed by atoms with Crippen LogP contribution in [0.2, 0.25) is 0 Å². The van der Waals surface area contributed by atoms with Crippen LogP contribution in [-0.2, 0) is 45.0 Å². The van der Waals surface area contributed by atoms with Gasteiger partial charge >= 0.3 is 12.0 Å². The summed E-state index contributed by atoms with van der Waals surface area (Å²) < 4.78 is 29.4. The first-order chi connectivity index (χ1) is 25.3. The molecule has 4 aromatic carbocycles. The monoisotopic (exact) mass is 709 g/mol. The van der Waals surface area contributed by atoms with Gasteiger partial charge in [-0.2, -0.15) is 0 Å². The Morgan fingerprint density at radius 1 is 0.865 bits per heavy atom. The lowest BCUT2D eigenvalue weighted by Gasteiger charge is -2.43. The molecule has 2 aliphatic heterocycles. The smallest absolute Gasteiger partial charge is 0.328 e. The normalized spacial score (nSPS) is 20.6. The second-order valence-corrected chi connectivity index (χ2v) is 13.3. The van der Waals surface area contributed by atoms with Gasteiger partial charge in [0.1, 0.15) is 6.04 Å². The van der Waals surface area contributed by atoms with Gasteiger partial charge in [-0.3, -0.25) is 4.90 Å². The molecule has 2 aliphatic rings. The zero-order valence-corrected chi connectivity index (χ0v) is 30.0. The molecule has 0 spiro atoms. The molecule has 0 aromatic heterocycles. The van der Waals surface area contributed by atoms with Crippen molar-refractivity contribution in [2.24, 2.45) is 5.92 Å². The highest BCUT2D eigenvalue weighted by molar-refractivity contribution is 5.92. The average Bonchev–Trinajstić information content (AvgIpc) is 3.18. The number of hydrogen-bond donors (Lipinski definition) is 3. The molecule has 2 amide bonds. The van der Waals surface area contributed by atoms with Crippen LogP contribution in [0.25, 0.3) is 0 Å². The fourth-order valence-electron chi connectivity index (χ4n) is 6.91. The van der Waals surface area contributed by atoms with Crippen molar-refractivity contribution in [3.8, 4) is 11.5 Å². The first-order valence-electron chi connectivity index (χ1n) is 17.5. The number of esters is 1. The number of amides is 2. The van der Waals surface area contributed by atoms with Crippen molar-refractivity contribution in [3.63, 3.8) is 0 Å². The molecule has 0 radical (unpaired) electrons. The van der Waals surface area contributed by atoms with Gasteiger partial charge in [-0.05, 0) is 58.5 Å². The van der Waals surface area contributed by atoms with E-state index in [0.717, 1.165) is 53.3 Å². The van der Waals surface area contributed by atoms with Crippen LogP contribution in [0.1, 0.15) is 52.7 Å². The van der Waals surface area contributed by atoms with Crippen molar-refractivity contribution in [3.05, 3.63) is 124 Å². The molecule has 2 heterocycles.